The molecule has 27 heavy (non-hydrogen) atoms. The largest absolute Gasteiger partial charge is 0.416 e. The lowest BCUT2D eigenvalue weighted by Crippen LogP contribution is -2.35. The molecule has 0 aliphatic carbocycles. The molecule has 0 N–H and O–H groups in total. The summed E-state index contributed by atoms with van der Waals surface area (Å²) in [5.41, 5.74) is 0.853. The van der Waals surface area contributed by atoms with Gasteiger partial charge in [0.05, 0.1) is 12.0 Å². The minimum absolute atomic E-state index is 0.0777. The topological polar surface area (TPSA) is 20.3 Å². The molecule has 3 rings (SSSR count). The van der Waals surface area contributed by atoms with E-state index < -0.39 is 11.7 Å². The zero-order chi connectivity index (χ0) is 19.4. The zero-order valence-corrected chi connectivity index (χ0v) is 14.8. The van der Waals surface area contributed by atoms with Crippen LogP contribution in [-0.4, -0.2) is 23.9 Å². The van der Waals surface area contributed by atoms with Gasteiger partial charge in [-0.05, 0) is 48.2 Å². The second-order valence-electron chi connectivity index (χ2n) is 6.96. The van der Waals surface area contributed by atoms with Gasteiger partial charge in [-0.15, -0.1) is 0 Å². The molecule has 1 atom stereocenters. The van der Waals surface area contributed by atoms with Crippen LogP contribution in [0.3, 0.4) is 0 Å². The highest BCUT2D eigenvalue weighted by Gasteiger charge is 2.30. The molecule has 0 bridgehead atoms. The molecule has 1 aliphatic heterocycles. The van der Waals surface area contributed by atoms with E-state index >= 15 is 0 Å². The van der Waals surface area contributed by atoms with Crippen molar-refractivity contribution in [3.8, 4) is 0 Å². The molecular weight excluding hydrogens is 358 g/mol. The van der Waals surface area contributed by atoms with Crippen LogP contribution in [-0.2, 0) is 17.4 Å². The van der Waals surface area contributed by atoms with Crippen molar-refractivity contribution in [2.24, 2.45) is 0 Å². The van der Waals surface area contributed by atoms with Crippen molar-refractivity contribution in [2.45, 2.75) is 37.8 Å². The number of amides is 1. The van der Waals surface area contributed by atoms with Crippen molar-refractivity contribution in [3.63, 3.8) is 0 Å². The van der Waals surface area contributed by atoms with Gasteiger partial charge in [0.2, 0.25) is 5.91 Å². The van der Waals surface area contributed by atoms with E-state index in [1.54, 1.807) is 17.0 Å². The summed E-state index contributed by atoms with van der Waals surface area (Å²) in [4.78, 5) is 14.5. The Morgan fingerprint density at radius 3 is 2.30 bits per heavy atom. The average molecular weight is 379 g/mol. The standard InChI is InChI=1S/C21H21F4NO/c22-19-10-6-16(7-11-19)17-3-1-2-12-26(14-17)20(27)13-15-4-8-18(9-5-15)21(23,24)25/h4-11,17H,1-3,12-14H2. The molecule has 0 radical (unpaired) electrons. The van der Waals surface area contributed by atoms with E-state index in [4.69, 9.17) is 0 Å². The Bertz CT molecular complexity index is 768. The van der Waals surface area contributed by atoms with Gasteiger partial charge in [-0.1, -0.05) is 30.7 Å². The van der Waals surface area contributed by atoms with E-state index in [-0.39, 0.29) is 24.1 Å². The fourth-order valence-electron chi connectivity index (χ4n) is 3.47. The normalized spacial score (nSPS) is 18.2. The molecular formula is C21H21F4NO. The number of carbonyl (C=O) groups is 1. The molecule has 1 fully saturated rings. The first-order chi connectivity index (χ1) is 12.8. The number of likely N-dealkylation sites (tertiary alicyclic amines) is 1. The quantitative estimate of drug-likeness (QED) is 0.673. The van der Waals surface area contributed by atoms with Gasteiger partial charge in [0, 0.05) is 19.0 Å². The van der Waals surface area contributed by atoms with E-state index in [1.807, 2.05) is 0 Å². The van der Waals surface area contributed by atoms with Gasteiger partial charge < -0.3 is 4.90 Å². The number of hydrogen-bond acceptors (Lipinski definition) is 1. The molecule has 6 heteroatoms. The first kappa shape index (κ1) is 19.4. The summed E-state index contributed by atoms with van der Waals surface area (Å²) in [5, 5.41) is 0. The third kappa shape index (κ3) is 5.08. The van der Waals surface area contributed by atoms with E-state index in [0.29, 0.717) is 18.7 Å². The van der Waals surface area contributed by atoms with E-state index in [9.17, 15) is 22.4 Å². The Morgan fingerprint density at radius 1 is 1.00 bits per heavy atom. The molecule has 0 saturated carbocycles. The zero-order valence-electron chi connectivity index (χ0n) is 14.8. The van der Waals surface area contributed by atoms with Gasteiger partial charge in [-0.3, -0.25) is 4.79 Å². The fraction of sp³-hybridized carbons (Fsp3) is 0.381. The van der Waals surface area contributed by atoms with E-state index in [2.05, 4.69) is 0 Å². The third-order valence-corrected chi connectivity index (χ3v) is 5.00. The summed E-state index contributed by atoms with van der Waals surface area (Å²) < 4.78 is 51.1. The summed E-state index contributed by atoms with van der Waals surface area (Å²) in [7, 11) is 0. The maximum atomic E-state index is 13.1. The molecule has 0 spiro atoms. The summed E-state index contributed by atoms with van der Waals surface area (Å²) in [6.45, 7) is 1.18. The average Bonchev–Trinajstić information content (AvgIpc) is 2.88. The first-order valence-corrected chi connectivity index (χ1v) is 9.02. The van der Waals surface area contributed by atoms with Crippen LogP contribution >= 0.6 is 0 Å². The Morgan fingerprint density at radius 2 is 1.67 bits per heavy atom. The van der Waals surface area contributed by atoms with Gasteiger partial charge in [0.1, 0.15) is 5.82 Å². The van der Waals surface area contributed by atoms with Gasteiger partial charge >= 0.3 is 6.18 Å². The van der Waals surface area contributed by atoms with Crippen molar-refractivity contribution in [1.82, 2.24) is 4.90 Å². The Kier molecular flexibility index (Phi) is 5.82. The molecule has 2 aromatic rings. The highest BCUT2D eigenvalue weighted by atomic mass is 19.4. The Balaban J connectivity index is 1.67. The monoisotopic (exact) mass is 379 g/mol. The summed E-state index contributed by atoms with van der Waals surface area (Å²) >= 11 is 0. The summed E-state index contributed by atoms with van der Waals surface area (Å²) in [6, 6.07) is 11.1. The number of benzene rings is 2. The van der Waals surface area contributed by atoms with Crippen LogP contribution in [0.1, 0.15) is 41.9 Å². The molecule has 1 amide bonds. The number of rotatable bonds is 3. The lowest BCUT2D eigenvalue weighted by atomic mass is 9.94. The highest BCUT2D eigenvalue weighted by molar-refractivity contribution is 5.79. The molecule has 1 heterocycles. The number of carbonyl (C=O) groups excluding carboxylic acids is 1. The number of halogens is 4. The van der Waals surface area contributed by atoms with Crippen LogP contribution in [0.15, 0.2) is 48.5 Å². The van der Waals surface area contributed by atoms with Crippen LogP contribution in [0.25, 0.3) is 0 Å². The van der Waals surface area contributed by atoms with Crippen LogP contribution in [0.4, 0.5) is 17.6 Å². The maximum Gasteiger partial charge on any atom is 0.416 e. The fourth-order valence-corrected chi connectivity index (χ4v) is 3.47. The van der Waals surface area contributed by atoms with Crippen molar-refractivity contribution in [3.05, 3.63) is 71.0 Å². The third-order valence-electron chi connectivity index (χ3n) is 5.00. The number of nitrogens with zero attached hydrogens (tertiary/aromatic N) is 1. The van der Waals surface area contributed by atoms with Gasteiger partial charge in [0.25, 0.3) is 0 Å². The van der Waals surface area contributed by atoms with Crippen LogP contribution < -0.4 is 0 Å². The Labute approximate surface area is 155 Å². The molecule has 0 aromatic heterocycles. The second-order valence-corrected chi connectivity index (χ2v) is 6.96. The Hall–Kier alpha value is -2.37. The molecule has 1 saturated heterocycles. The lowest BCUT2D eigenvalue weighted by molar-refractivity contribution is -0.137. The summed E-state index contributed by atoms with van der Waals surface area (Å²) in [6.07, 6.45) is -1.51. The molecule has 2 aromatic carbocycles. The van der Waals surface area contributed by atoms with Gasteiger partial charge in [-0.25, -0.2) is 4.39 Å². The van der Waals surface area contributed by atoms with Crippen molar-refractivity contribution in [2.75, 3.05) is 13.1 Å². The van der Waals surface area contributed by atoms with Crippen LogP contribution in [0.2, 0.25) is 0 Å². The molecule has 1 aliphatic rings. The van der Waals surface area contributed by atoms with Crippen molar-refractivity contribution >= 4 is 5.91 Å². The van der Waals surface area contributed by atoms with Crippen molar-refractivity contribution < 1.29 is 22.4 Å². The van der Waals surface area contributed by atoms with Gasteiger partial charge in [-0.2, -0.15) is 13.2 Å². The number of alkyl halides is 3. The second kappa shape index (κ2) is 8.11. The van der Waals surface area contributed by atoms with Crippen LogP contribution in [0, 0.1) is 5.82 Å². The van der Waals surface area contributed by atoms with E-state index in [0.717, 1.165) is 37.0 Å². The molecule has 1 unspecified atom stereocenters. The van der Waals surface area contributed by atoms with E-state index in [1.165, 1.54) is 24.3 Å². The van der Waals surface area contributed by atoms with Crippen LogP contribution in [0.5, 0.6) is 0 Å². The SMILES string of the molecule is O=C(Cc1ccc(C(F)(F)F)cc1)N1CCCCC(c2ccc(F)cc2)C1. The first-order valence-electron chi connectivity index (χ1n) is 9.02. The maximum absolute atomic E-state index is 13.1. The smallest absolute Gasteiger partial charge is 0.342 e. The number of hydrogen-bond donors (Lipinski definition) is 0. The predicted octanol–water partition coefficient (Wildman–Crippen LogP) is 5.18. The predicted molar refractivity (Wildman–Crippen MR) is 94.7 cm³/mol. The molecule has 2 nitrogen and oxygen atoms in total. The molecule has 144 valence electrons. The minimum atomic E-state index is -4.38. The minimum Gasteiger partial charge on any atom is -0.342 e. The van der Waals surface area contributed by atoms with Gasteiger partial charge in [0.15, 0.2) is 0 Å². The summed E-state index contributed by atoms with van der Waals surface area (Å²) in [5.74, 6) is -0.240. The highest BCUT2D eigenvalue weighted by Crippen LogP contribution is 2.30. The lowest BCUT2D eigenvalue weighted by Gasteiger charge is -2.25. The van der Waals surface area contributed by atoms with Crippen molar-refractivity contribution in [1.29, 1.82) is 0 Å².